The van der Waals surface area contributed by atoms with Gasteiger partial charge in [0.25, 0.3) is 0 Å². The van der Waals surface area contributed by atoms with Crippen molar-refractivity contribution in [1.82, 2.24) is 4.90 Å². The van der Waals surface area contributed by atoms with Crippen LogP contribution >= 0.6 is 12.4 Å². The molecule has 27 heavy (non-hydrogen) atoms. The standard InChI is InChI=1S/C19H20F3N3O.ClH/c1-12-4-3-5-16(13(12)2)24-8-10-25(11-9-24)19(26)23-15-7-6-14(20)17(21)18(15)22;/h3-7H,8-11H2,1-2H3,(H,23,26);1H. The number of nitrogens with zero attached hydrogens (tertiary/aromatic N) is 2. The van der Waals surface area contributed by atoms with E-state index in [0.29, 0.717) is 26.2 Å². The third-order valence-electron chi connectivity index (χ3n) is 4.76. The Kier molecular flexibility index (Phi) is 6.59. The summed E-state index contributed by atoms with van der Waals surface area (Å²) in [5.41, 5.74) is 3.17. The molecule has 4 nitrogen and oxygen atoms in total. The lowest BCUT2D eigenvalue weighted by Gasteiger charge is -2.37. The number of hydrogen-bond acceptors (Lipinski definition) is 2. The molecule has 2 aromatic carbocycles. The Bertz CT molecular complexity index is 839. The predicted octanol–water partition coefficient (Wildman–Crippen LogP) is 4.50. The van der Waals surface area contributed by atoms with Crippen molar-refractivity contribution < 1.29 is 18.0 Å². The van der Waals surface area contributed by atoms with Gasteiger partial charge in [0.1, 0.15) is 0 Å². The zero-order valence-electron chi connectivity index (χ0n) is 15.1. The van der Waals surface area contributed by atoms with E-state index >= 15 is 0 Å². The van der Waals surface area contributed by atoms with Crippen LogP contribution in [-0.2, 0) is 0 Å². The molecular weight excluding hydrogens is 379 g/mol. The summed E-state index contributed by atoms with van der Waals surface area (Å²) < 4.78 is 39.9. The van der Waals surface area contributed by atoms with Crippen LogP contribution in [0.1, 0.15) is 11.1 Å². The van der Waals surface area contributed by atoms with E-state index in [2.05, 4.69) is 36.2 Å². The number of carbonyl (C=O) groups is 1. The highest BCUT2D eigenvalue weighted by Crippen LogP contribution is 2.24. The fraction of sp³-hybridized carbons (Fsp3) is 0.316. The van der Waals surface area contributed by atoms with Crippen LogP contribution in [0.2, 0.25) is 0 Å². The summed E-state index contributed by atoms with van der Waals surface area (Å²) >= 11 is 0. The SMILES string of the molecule is Cc1cccc(N2CCN(C(=O)Nc3ccc(F)c(F)c3F)CC2)c1C.Cl. The van der Waals surface area contributed by atoms with Gasteiger partial charge in [-0.15, -0.1) is 12.4 Å². The second-order valence-electron chi connectivity index (χ2n) is 6.35. The van der Waals surface area contributed by atoms with Gasteiger partial charge in [0.05, 0.1) is 5.69 Å². The topological polar surface area (TPSA) is 35.6 Å². The molecule has 0 saturated carbocycles. The van der Waals surface area contributed by atoms with Gasteiger partial charge < -0.3 is 15.1 Å². The average molecular weight is 400 g/mol. The zero-order chi connectivity index (χ0) is 18.8. The second-order valence-corrected chi connectivity index (χ2v) is 6.35. The Hall–Kier alpha value is -2.41. The van der Waals surface area contributed by atoms with E-state index in [-0.39, 0.29) is 18.1 Å². The second kappa shape index (κ2) is 8.52. The number of carbonyl (C=O) groups excluding carboxylic acids is 1. The number of halogens is 4. The van der Waals surface area contributed by atoms with Crippen LogP contribution in [0.4, 0.5) is 29.3 Å². The maximum absolute atomic E-state index is 13.7. The molecule has 0 spiro atoms. The molecule has 0 aromatic heterocycles. The first-order chi connectivity index (χ1) is 12.4. The number of nitrogens with one attached hydrogen (secondary N) is 1. The monoisotopic (exact) mass is 399 g/mol. The number of hydrogen-bond donors (Lipinski definition) is 1. The normalized spacial score (nSPS) is 14.0. The first-order valence-corrected chi connectivity index (χ1v) is 8.39. The fourth-order valence-corrected chi connectivity index (χ4v) is 3.05. The molecule has 0 unspecified atom stereocenters. The number of urea groups is 1. The van der Waals surface area contributed by atoms with Gasteiger partial charge in [-0.25, -0.2) is 18.0 Å². The molecule has 1 fully saturated rings. The number of rotatable bonds is 2. The predicted molar refractivity (Wildman–Crippen MR) is 102 cm³/mol. The molecule has 146 valence electrons. The molecule has 0 radical (unpaired) electrons. The van der Waals surface area contributed by atoms with E-state index in [1.807, 2.05) is 6.07 Å². The molecule has 3 rings (SSSR count). The van der Waals surface area contributed by atoms with Crippen LogP contribution in [0.5, 0.6) is 0 Å². The number of aryl methyl sites for hydroxylation is 1. The van der Waals surface area contributed by atoms with Gasteiger partial charge in [-0.1, -0.05) is 12.1 Å². The summed E-state index contributed by atoms with van der Waals surface area (Å²) in [6, 6.07) is 7.37. The molecule has 1 aliphatic rings. The lowest BCUT2D eigenvalue weighted by atomic mass is 10.1. The van der Waals surface area contributed by atoms with Gasteiger partial charge in [-0.05, 0) is 43.2 Å². The molecule has 1 saturated heterocycles. The lowest BCUT2D eigenvalue weighted by molar-refractivity contribution is 0.208. The zero-order valence-corrected chi connectivity index (χ0v) is 15.9. The van der Waals surface area contributed by atoms with E-state index in [1.165, 1.54) is 16.0 Å². The van der Waals surface area contributed by atoms with Crippen molar-refractivity contribution in [1.29, 1.82) is 0 Å². The molecule has 2 amide bonds. The van der Waals surface area contributed by atoms with Crippen molar-refractivity contribution in [3.05, 3.63) is 58.9 Å². The average Bonchev–Trinajstić information content (AvgIpc) is 2.64. The maximum Gasteiger partial charge on any atom is 0.322 e. The summed E-state index contributed by atoms with van der Waals surface area (Å²) in [4.78, 5) is 16.0. The van der Waals surface area contributed by atoms with Crippen molar-refractivity contribution in [2.24, 2.45) is 0 Å². The Balaban J connectivity index is 0.00000261. The van der Waals surface area contributed by atoms with Gasteiger partial charge in [-0.3, -0.25) is 0 Å². The van der Waals surface area contributed by atoms with Crippen molar-refractivity contribution >= 4 is 29.8 Å². The van der Waals surface area contributed by atoms with Crippen LogP contribution in [0.3, 0.4) is 0 Å². The molecule has 1 heterocycles. The number of piperazine rings is 1. The first-order valence-electron chi connectivity index (χ1n) is 8.39. The highest BCUT2D eigenvalue weighted by atomic mass is 35.5. The molecule has 0 atom stereocenters. The molecule has 1 aliphatic heterocycles. The Labute approximate surface area is 162 Å². The number of anilines is 2. The first kappa shape index (κ1) is 20.9. The third-order valence-corrected chi connectivity index (χ3v) is 4.76. The smallest absolute Gasteiger partial charge is 0.322 e. The summed E-state index contributed by atoms with van der Waals surface area (Å²) in [5, 5.41) is 2.31. The minimum atomic E-state index is -1.59. The van der Waals surface area contributed by atoms with Gasteiger partial charge in [0.2, 0.25) is 0 Å². The highest BCUT2D eigenvalue weighted by molar-refractivity contribution is 5.89. The maximum atomic E-state index is 13.7. The van der Waals surface area contributed by atoms with E-state index < -0.39 is 23.5 Å². The van der Waals surface area contributed by atoms with Crippen LogP contribution in [0.15, 0.2) is 30.3 Å². The largest absolute Gasteiger partial charge is 0.368 e. The summed E-state index contributed by atoms with van der Waals surface area (Å²) in [6.07, 6.45) is 0. The third kappa shape index (κ3) is 4.30. The fourth-order valence-electron chi connectivity index (χ4n) is 3.05. The van der Waals surface area contributed by atoms with Gasteiger partial charge >= 0.3 is 6.03 Å². The van der Waals surface area contributed by atoms with Gasteiger partial charge in [0.15, 0.2) is 17.5 Å². The number of amides is 2. The quantitative estimate of drug-likeness (QED) is 0.755. The van der Waals surface area contributed by atoms with Crippen molar-refractivity contribution in [3.8, 4) is 0 Å². The molecule has 2 aromatic rings. The van der Waals surface area contributed by atoms with Gasteiger partial charge in [0, 0.05) is 31.9 Å². The van der Waals surface area contributed by atoms with Crippen molar-refractivity contribution in [2.75, 3.05) is 36.4 Å². The summed E-state index contributed by atoms with van der Waals surface area (Å²) in [7, 11) is 0. The van der Waals surface area contributed by atoms with Crippen LogP contribution in [0, 0.1) is 31.3 Å². The Morgan fingerprint density at radius 1 is 0.963 bits per heavy atom. The minimum absolute atomic E-state index is 0. The minimum Gasteiger partial charge on any atom is -0.368 e. The Morgan fingerprint density at radius 3 is 2.30 bits per heavy atom. The van der Waals surface area contributed by atoms with E-state index in [4.69, 9.17) is 0 Å². The van der Waals surface area contributed by atoms with Crippen LogP contribution in [-0.4, -0.2) is 37.1 Å². The number of benzene rings is 2. The summed E-state index contributed by atoms with van der Waals surface area (Å²) in [6.45, 7) is 6.29. The molecular formula is C19H21ClF3N3O. The Morgan fingerprint density at radius 2 is 1.63 bits per heavy atom. The molecule has 1 N–H and O–H groups in total. The van der Waals surface area contributed by atoms with E-state index in [9.17, 15) is 18.0 Å². The van der Waals surface area contributed by atoms with Crippen molar-refractivity contribution in [3.63, 3.8) is 0 Å². The van der Waals surface area contributed by atoms with Crippen LogP contribution < -0.4 is 10.2 Å². The summed E-state index contributed by atoms with van der Waals surface area (Å²) in [5.74, 6) is -4.28. The lowest BCUT2D eigenvalue weighted by Crippen LogP contribution is -2.50. The molecule has 0 aliphatic carbocycles. The van der Waals surface area contributed by atoms with Crippen LogP contribution in [0.25, 0.3) is 0 Å². The molecule has 8 heteroatoms. The van der Waals surface area contributed by atoms with E-state index in [1.54, 1.807) is 0 Å². The molecule has 0 bridgehead atoms. The highest BCUT2D eigenvalue weighted by Gasteiger charge is 2.24. The van der Waals surface area contributed by atoms with E-state index in [0.717, 1.165) is 17.8 Å². The van der Waals surface area contributed by atoms with Crippen molar-refractivity contribution in [2.45, 2.75) is 13.8 Å². The van der Waals surface area contributed by atoms with Gasteiger partial charge in [-0.2, -0.15) is 0 Å².